The zero-order valence-electron chi connectivity index (χ0n) is 17.8. The van der Waals surface area contributed by atoms with Gasteiger partial charge in [-0.15, -0.1) is 0 Å². The molecule has 1 saturated carbocycles. The van der Waals surface area contributed by atoms with Gasteiger partial charge in [0.2, 0.25) is 11.8 Å². The van der Waals surface area contributed by atoms with Crippen LogP contribution in [-0.4, -0.2) is 41.3 Å². The highest BCUT2D eigenvalue weighted by atomic mass is 16.2. The molecule has 30 heavy (non-hydrogen) atoms. The second-order valence-electron chi connectivity index (χ2n) is 8.75. The van der Waals surface area contributed by atoms with Gasteiger partial charge < -0.3 is 10.2 Å². The first-order valence-corrected chi connectivity index (χ1v) is 11.2. The minimum Gasteiger partial charge on any atom is -0.356 e. The van der Waals surface area contributed by atoms with Crippen LogP contribution in [0.15, 0.2) is 48.8 Å². The normalized spacial score (nSPS) is 21.7. The molecule has 1 aromatic heterocycles. The Kier molecular flexibility index (Phi) is 6.16. The summed E-state index contributed by atoms with van der Waals surface area (Å²) in [5.41, 5.74) is 2.73. The van der Waals surface area contributed by atoms with Crippen molar-refractivity contribution in [3.8, 4) is 11.1 Å². The third-order valence-corrected chi connectivity index (χ3v) is 6.63. The van der Waals surface area contributed by atoms with Crippen molar-refractivity contribution in [2.75, 3.05) is 19.6 Å². The number of rotatable bonds is 6. The Bertz CT molecular complexity index is 894. The van der Waals surface area contributed by atoms with E-state index < -0.39 is 5.41 Å². The average molecular weight is 406 g/mol. The summed E-state index contributed by atoms with van der Waals surface area (Å²) in [6, 6.07) is 12.3. The Labute approximate surface area is 178 Å². The predicted molar refractivity (Wildman–Crippen MR) is 118 cm³/mol. The highest BCUT2D eigenvalue weighted by Gasteiger charge is 2.44. The van der Waals surface area contributed by atoms with E-state index in [9.17, 15) is 9.59 Å². The smallest absolute Gasteiger partial charge is 0.228 e. The quantitative estimate of drug-likeness (QED) is 0.794. The third kappa shape index (κ3) is 4.25. The highest BCUT2D eigenvalue weighted by Crippen LogP contribution is 2.37. The topological polar surface area (TPSA) is 62.3 Å². The lowest BCUT2D eigenvalue weighted by Crippen LogP contribution is -2.55. The van der Waals surface area contributed by atoms with E-state index >= 15 is 0 Å². The van der Waals surface area contributed by atoms with Crippen molar-refractivity contribution in [1.82, 2.24) is 15.2 Å². The fraction of sp³-hybridized carbons (Fsp3) is 0.480. The maximum absolute atomic E-state index is 13.2. The van der Waals surface area contributed by atoms with Crippen molar-refractivity contribution in [2.45, 2.75) is 45.4 Å². The lowest BCUT2D eigenvalue weighted by Gasteiger charge is -2.43. The predicted octanol–water partition coefficient (Wildman–Crippen LogP) is 3.84. The zero-order chi connectivity index (χ0) is 21.0. The molecule has 1 saturated heterocycles. The summed E-state index contributed by atoms with van der Waals surface area (Å²) >= 11 is 0. The van der Waals surface area contributed by atoms with Crippen LogP contribution in [0.25, 0.3) is 11.1 Å². The molecule has 1 atom stereocenters. The van der Waals surface area contributed by atoms with Crippen molar-refractivity contribution >= 4 is 11.8 Å². The van der Waals surface area contributed by atoms with Gasteiger partial charge in [0.1, 0.15) is 0 Å². The van der Waals surface area contributed by atoms with Gasteiger partial charge in [0.25, 0.3) is 0 Å². The van der Waals surface area contributed by atoms with Crippen LogP contribution < -0.4 is 5.32 Å². The Morgan fingerprint density at radius 2 is 2.00 bits per heavy atom. The van der Waals surface area contributed by atoms with E-state index in [0.29, 0.717) is 19.5 Å². The maximum Gasteiger partial charge on any atom is 0.228 e. The maximum atomic E-state index is 13.2. The number of aromatic nitrogens is 1. The van der Waals surface area contributed by atoms with Gasteiger partial charge in [-0.25, -0.2) is 0 Å². The van der Waals surface area contributed by atoms with Gasteiger partial charge in [-0.2, -0.15) is 0 Å². The summed E-state index contributed by atoms with van der Waals surface area (Å²) in [5.74, 6) is 0.491. The fourth-order valence-electron chi connectivity index (χ4n) is 4.78. The second kappa shape index (κ2) is 8.99. The van der Waals surface area contributed by atoms with Gasteiger partial charge in [-0.1, -0.05) is 36.8 Å². The number of benzene rings is 1. The number of pyridine rings is 1. The SMILES string of the molecule is CCNC(=O)[C@@]1(Cc2cccc(-c3cccnc3)c2)CCCN(C(=O)C2CCC2)C1. The van der Waals surface area contributed by atoms with Crippen LogP contribution in [-0.2, 0) is 16.0 Å². The summed E-state index contributed by atoms with van der Waals surface area (Å²) in [6.45, 7) is 3.85. The molecule has 1 N–H and O–H groups in total. The van der Waals surface area contributed by atoms with Gasteiger partial charge in [0.05, 0.1) is 5.41 Å². The van der Waals surface area contributed by atoms with Crippen molar-refractivity contribution in [1.29, 1.82) is 0 Å². The van der Waals surface area contributed by atoms with E-state index in [1.807, 2.05) is 36.2 Å². The number of nitrogens with zero attached hydrogens (tertiary/aromatic N) is 2. The van der Waals surface area contributed by atoms with E-state index in [4.69, 9.17) is 0 Å². The minimum absolute atomic E-state index is 0.0721. The molecule has 0 radical (unpaired) electrons. The molecule has 1 aromatic carbocycles. The van der Waals surface area contributed by atoms with Gasteiger partial charge in [0.15, 0.2) is 0 Å². The van der Waals surface area contributed by atoms with E-state index in [2.05, 4.69) is 28.5 Å². The second-order valence-corrected chi connectivity index (χ2v) is 8.75. The molecule has 2 fully saturated rings. The van der Waals surface area contributed by atoms with Crippen LogP contribution in [0.1, 0.15) is 44.6 Å². The van der Waals surface area contributed by atoms with Crippen molar-refractivity contribution in [3.63, 3.8) is 0 Å². The summed E-state index contributed by atoms with van der Waals surface area (Å²) in [6.07, 6.45) is 9.09. The van der Waals surface area contributed by atoms with Crippen LogP contribution in [0, 0.1) is 11.3 Å². The number of hydrogen-bond acceptors (Lipinski definition) is 3. The van der Waals surface area contributed by atoms with Crippen molar-refractivity contribution < 1.29 is 9.59 Å². The first-order chi connectivity index (χ1) is 14.6. The van der Waals surface area contributed by atoms with Crippen LogP contribution >= 0.6 is 0 Å². The van der Waals surface area contributed by atoms with Crippen LogP contribution in [0.5, 0.6) is 0 Å². The third-order valence-electron chi connectivity index (χ3n) is 6.63. The summed E-state index contributed by atoms with van der Waals surface area (Å²) in [7, 11) is 0. The van der Waals surface area contributed by atoms with Gasteiger partial charge in [-0.05, 0) is 61.8 Å². The summed E-state index contributed by atoms with van der Waals surface area (Å²) in [5, 5.41) is 3.05. The molecule has 4 rings (SSSR count). The summed E-state index contributed by atoms with van der Waals surface area (Å²) in [4.78, 5) is 32.4. The first-order valence-electron chi connectivity index (χ1n) is 11.2. The van der Waals surface area contributed by atoms with E-state index in [1.165, 1.54) is 0 Å². The molecule has 158 valence electrons. The molecule has 1 aliphatic heterocycles. The molecule has 2 aromatic rings. The molecule has 2 heterocycles. The number of nitrogens with one attached hydrogen (secondary N) is 1. The number of likely N-dealkylation sites (tertiary alicyclic amines) is 1. The van der Waals surface area contributed by atoms with E-state index in [1.54, 1.807) is 6.20 Å². The molecule has 0 unspecified atom stereocenters. The minimum atomic E-state index is -0.568. The molecule has 5 nitrogen and oxygen atoms in total. The number of amides is 2. The largest absolute Gasteiger partial charge is 0.356 e. The van der Waals surface area contributed by atoms with Crippen LogP contribution in [0.2, 0.25) is 0 Å². The lowest BCUT2D eigenvalue weighted by atomic mass is 9.73. The molecule has 0 spiro atoms. The number of piperidine rings is 1. The molecule has 0 bridgehead atoms. The summed E-state index contributed by atoms with van der Waals surface area (Å²) < 4.78 is 0. The Hall–Kier alpha value is -2.69. The van der Waals surface area contributed by atoms with Gasteiger partial charge in [0, 0.05) is 37.9 Å². The zero-order valence-corrected chi connectivity index (χ0v) is 17.8. The lowest BCUT2D eigenvalue weighted by molar-refractivity contribution is -0.146. The molecular formula is C25H31N3O2. The molecular weight excluding hydrogens is 374 g/mol. The number of carbonyl (C=O) groups is 2. The van der Waals surface area contributed by atoms with E-state index in [-0.39, 0.29) is 17.7 Å². The average Bonchev–Trinajstić information content (AvgIpc) is 2.74. The Morgan fingerprint density at radius 1 is 1.17 bits per heavy atom. The van der Waals surface area contributed by atoms with E-state index in [0.717, 1.165) is 55.3 Å². The van der Waals surface area contributed by atoms with Gasteiger partial charge in [-0.3, -0.25) is 14.6 Å². The molecule has 1 aliphatic carbocycles. The Balaban J connectivity index is 1.59. The molecule has 5 heteroatoms. The van der Waals surface area contributed by atoms with Crippen LogP contribution in [0.4, 0.5) is 0 Å². The first kappa shape index (κ1) is 20.6. The monoisotopic (exact) mass is 405 g/mol. The standard InChI is InChI=1S/C25H31N3O2/c1-2-27-24(30)25(12-6-14-28(18-25)23(29)20-8-4-9-20)16-19-7-3-10-21(15-19)22-11-5-13-26-17-22/h3,5,7,10-11,13,15,17,20H,2,4,6,8-9,12,14,16,18H2,1H3,(H,27,30)/t25-/m1/s1. The van der Waals surface area contributed by atoms with Crippen molar-refractivity contribution in [3.05, 3.63) is 54.4 Å². The van der Waals surface area contributed by atoms with Gasteiger partial charge >= 0.3 is 0 Å². The number of carbonyl (C=O) groups excluding carboxylic acids is 2. The van der Waals surface area contributed by atoms with Crippen LogP contribution in [0.3, 0.4) is 0 Å². The Morgan fingerprint density at radius 3 is 2.70 bits per heavy atom. The molecule has 2 aliphatic rings. The molecule has 2 amide bonds. The van der Waals surface area contributed by atoms with Crippen molar-refractivity contribution in [2.24, 2.45) is 11.3 Å². The number of hydrogen-bond donors (Lipinski definition) is 1. The highest BCUT2D eigenvalue weighted by molar-refractivity contribution is 5.85. The fourth-order valence-corrected chi connectivity index (χ4v) is 4.78.